The van der Waals surface area contributed by atoms with E-state index in [2.05, 4.69) is 4.98 Å². The number of aromatic nitrogens is 1. The van der Waals surface area contributed by atoms with Gasteiger partial charge in [-0.3, -0.25) is 4.98 Å². The maximum absolute atomic E-state index is 12.3. The van der Waals surface area contributed by atoms with Crippen molar-refractivity contribution in [2.75, 3.05) is 13.6 Å². The first-order valence-corrected chi connectivity index (χ1v) is 7.89. The Morgan fingerprint density at radius 2 is 2.05 bits per heavy atom. The predicted molar refractivity (Wildman–Crippen MR) is 76.5 cm³/mol. The van der Waals surface area contributed by atoms with Crippen LogP contribution in [0, 0.1) is 5.92 Å². The Morgan fingerprint density at radius 3 is 2.58 bits per heavy atom. The Kier molecular flexibility index (Phi) is 5.73. The highest BCUT2D eigenvalue weighted by Crippen LogP contribution is 2.17. The van der Waals surface area contributed by atoms with Gasteiger partial charge in [0, 0.05) is 32.0 Å². The summed E-state index contributed by atoms with van der Waals surface area (Å²) in [5.41, 5.74) is 5.92. The van der Waals surface area contributed by atoms with Gasteiger partial charge in [-0.05, 0) is 18.4 Å². The molecule has 0 aliphatic rings. The van der Waals surface area contributed by atoms with Crippen molar-refractivity contribution in [2.24, 2.45) is 11.7 Å². The van der Waals surface area contributed by atoms with Gasteiger partial charge in [0.05, 0.1) is 5.02 Å². The highest BCUT2D eigenvalue weighted by Gasteiger charge is 2.22. The molecular weight excluding hydrogens is 286 g/mol. The summed E-state index contributed by atoms with van der Waals surface area (Å²) in [7, 11) is -2.02. The molecule has 5 nitrogen and oxygen atoms in total. The number of hydrogen-bond acceptors (Lipinski definition) is 4. The van der Waals surface area contributed by atoms with E-state index in [0.717, 1.165) is 0 Å². The SMILES string of the molecule is CC(C)C(N)CCN(C)S(=O)(=O)c1cncc(Cl)c1. The Morgan fingerprint density at radius 1 is 1.42 bits per heavy atom. The summed E-state index contributed by atoms with van der Waals surface area (Å²) in [6, 6.07) is 1.37. The molecule has 0 aliphatic heterocycles. The molecule has 0 spiro atoms. The molecule has 1 atom stereocenters. The lowest BCUT2D eigenvalue weighted by Crippen LogP contribution is -2.34. The highest BCUT2D eigenvalue weighted by molar-refractivity contribution is 7.89. The number of nitrogens with zero attached hydrogens (tertiary/aromatic N) is 2. The number of pyridine rings is 1. The topological polar surface area (TPSA) is 76.3 Å². The molecule has 1 aromatic rings. The van der Waals surface area contributed by atoms with E-state index < -0.39 is 10.0 Å². The van der Waals surface area contributed by atoms with E-state index in [1.165, 1.54) is 29.8 Å². The maximum Gasteiger partial charge on any atom is 0.244 e. The Labute approximate surface area is 119 Å². The molecule has 0 radical (unpaired) electrons. The quantitative estimate of drug-likeness (QED) is 0.868. The van der Waals surface area contributed by atoms with Crippen LogP contribution < -0.4 is 5.73 Å². The van der Waals surface area contributed by atoms with Crippen LogP contribution in [0.3, 0.4) is 0 Å². The van der Waals surface area contributed by atoms with E-state index in [4.69, 9.17) is 17.3 Å². The Balaban J connectivity index is 2.78. The van der Waals surface area contributed by atoms with Gasteiger partial charge in [0.15, 0.2) is 0 Å². The fraction of sp³-hybridized carbons (Fsp3) is 0.583. The summed E-state index contributed by atoms with van der Waals surface area (Å²) in [4.78, 5) is 3.89. The number of halogens is 1. The van der Waals surface area contributed by atoms with Gasteiger partial charge >= 0.3 is 0 Å². The summed E-state index contributed by atoms with van der Waals surface area (Å²) in [5, 5.41) is 0.299. The third-order valence-corrected chi connectivity index (χ3v) is 5.05. The summed E-state index contributed by atoms with van der Waals surface area (Å²) >= 11 is 5.76. The van der Waals surface area contributed by atoms with Gasteiger partial charge in [-0.2, -0.15) is 0 Å². The zero-order valence-electron chi connectivity index (χ0n) is 11.4. The van der Waals surface area contributed by atoms with Crippen molar-refractivity contribution in [3.63, 3.8) is 0 Å². The first-order chi connectivity index (χ1) is 8.75. The molecule has 0 saturated carbocycles. The van der Waals surface area contributed by atoms with E-state index >= 15 is 0 Å². The summed E-state index contributed by atoms with van der Waals surface area (Å²) in [6.07, 6.45) is 3.30. The molecule has 2 N–H and O–H groups in total. The molecule has 108 valence electrons. The van der Waals surface area contributed by atoms with Crippen LogP contribution in [0.25, 0.3) is 0 Å². The zero-order chi connectivity index (χ0) is 14.6. The second kappa shape index (κ2) is 6.65. The van der Waals surface area contributed by atoms with Gasteiger partial charge in [0.2, 0.25) is 10.0 Å². The van der Waals surface area contributed by atoms with Gasteiger partial charge in [-0.1, -0.05) is 25.4 Å². The molecule has 0 amide bonds. The minimum absolute atomic E-state index is 0.0184. The largest absolute Gasteiger partial charge is 0.327 e. The lowest BCUT2D eigenvalue weighted by molar-refractivity contribution is 0.397. The fourth-order valence-electron chi connectivity index (χ4n) is 1.50. The number of nitrogens with two attached hydrogens (primary N) is 1. The Hall–Kier alpha value is -0.690. The first-order valence-electron chi connectivity index (χ1n) is 6.07. The molecule has 1 aromatic heterocycles. The molecule has 0 aromatic carbocycles. The second-order valence-corrected chi connectivity index (χ2v) is 7.34. The minimum Gasteiger partial charge on any atom is -0.327 e. The van der Waals surface area contributed by atoms with Crippen LogP contribution in [0.1, 0.15) is 20.3 Å². The number of hydrogen-bond donors (Lipinski definition) is 1. The normalized spacial score (nSPS) is 14.1. The zero-order valence-corrected chi connectivity index (χ0v) is 12.9. The summed E-state index contributed by atoms with van der Waals surface area (Å²) < 4.78 is 25.8. The lowest BCUT2D eigenvalue weighted by Gasteiger charge is -2.21. The maximum atomic E-state index is 12.3. The van der Waals surface area contributed by atoms with E-state index in [0.29, 0.717) is 23.9 Å². The van der Waals surface area contributed by atoms with Crippen molar-refractivity contribution in [3.8, 4) is 0 Å². The van der Waals surface area contributed by atoms with Crippen LogP contribution in [0.4, 0.5) is 0 Å². The van der Waals surface area contributed by atoms with Gasteiger partial charge in [0.1, 0.15) is 4.90 Å². The van der Waals surface area contributed by atoms with Crippen LogP contribution in [0.15, 0.2) is 23.4 Å². The third kappa shape index (κ3) is 4.42. The van der Waals surface area contributed by atoms with Crippen molar-refractivity contribution in [3.05, 3.63) is 23.5 Å². The average Bonchev–Trinajstić information content (AvgIpc) is 2.35. The van der Waals surface area contributed by atoms with Gasteiger partial charge in [-0.15, -0.1) is 0 Å². The fourth-order valence-corrected chi connectivity index (χ4v) is 2.91. The smallest absolute Gasteiger partial charge is 0.244 e. The molecule has 1 rings (SSSR count). The molecule has 1 heterocycles. The molecule has 0 fully saturated rings. The number of sulfonamides is 1. The van der Waals surface area contributed by atoms with E-state index in [-0.39, 0.29) is 10.9 Å². The van der Waals surface area contributed by atoms with Crippen LogP contribution in [-0.4, -0.2) is 37.3 Å². The van der Waals surface area contributed by atoms with Gasteiger partial charge in [0.25, 0.3) is 0 Å². The second-order valence-electron chi connectivity index (χ2n) is 4.86. The lowest BCUT2D eigenvalue weighted by atomic mass is 10.0. The average molecular weight is 306 g/mol. The molecule has 0 bridgehead atoms. The van der Waals surface area contributed by atoms with Crippen LogP contribution in [-0.2, 0) is 10.0 Å². The van der Waals surface area contributed by atoms with Crippen LogP contribution in [0.2, 0.25) is 5.02 Å². The van der Waals surface area contributed by atoms with E-state index in [9.17, 15) is 8.42 Å². The third-order valence-electron chi connectivity index (χ3n) is 3.02. The minimum atomic E-state index is -3.55. The van der Waals surface area contributed by atoms with Crippen LogP contribution >= 0.6 is 11.6 Å². The first kappa shape index (κ1) is 16.4. The Bertz CT molecular complexity index is 519. The summed E-state index contributed by atoms with van der Waals surface area (Å²) in [5.74, 6) is 0.323. The standard InChI is InChI=1S/C12H20ClN3O2S/c1-9(2)12(14)4-5-16(3)19(17,18)11-6-10(13)7-15-8-11/h6-9,12H,4-5,14H2,1-3H3. The van der Waals surface area contributed by atoms with E-state index in [1.807, 2.05) is 13.8 Å². The van der Waals surface area contributed by atoms with Gasteiger partial charge < -0.3 is 5.73 Å². The summed E-state index contributed by atoms with van der Waals surface area (Å²) in [6.45, 7) is 4.40. The van der Waals surface area contributed by atoms with Crippen molar-refractivity contribution in [1.82, 2.24) is 9.29 Å². The van der Waals surface area contributed by atoms with Crippen LogP contribution in [0.5, 0.6) is 0 Å². The van der Waals surface area contributed by atoms with Crippen molar-refractivity contribution in [2.45, 2.75) is 31.2 Å². The monoisotopic (exact) mass is 305 g/mol. The molecule has 19 heavy (non-hydrogen) atoms. The van der Waals surface area contributed by atoms with Crippen molar-refractivity contribution in [1.29, 1.82) is 0 Å². The van der Waals surface area contributed by atoms with Gasteiger partial charge in [-0.25, -0.2) is 12.7 Å². The number of rotatable bonds is 6. The van der Waals surface area contributed by atoms with E-state index in [1.54, 1.807) is 0 Å². The molecule has 0 saturated heterocycles. The molecule has 1 unspecified atom stereocenters. The van der Waals surface area contributed by atoms with Crippen molar-refractivity contribution >= 4 is 21.6 Å². The highest BCUT2D eigenvalue weighted by atomic mass is 35.5. The van der Waals surface area contributed by atoms with Crippen molar-refractivity contribution < 1.29 is 8.42 Å². The molecular formula is C12H20ClN3O2S. The predicted octanol–water partition coefficient (Wildman–Crippen LogP) is 1.73. The molecule has 7 heteroatoms. The molecule has 0 aliphatic carbocycles.